The number of aliphatic carboxylic acids is 1. The number of hydrogen-bond donors (Lipinski definition) is 1. The van der Waals surface area contributed by atoms with Gasteiger partial charge in [0.2, 0.25) is 0 Å². The maximum atomic E-state index is 14.6. The van der Waals surface area contributed by atoms with Crippen LogP contribution in [0.3, 0.4) is 0 Å². The zero-order valence-electron chi connectivity index (χ0n) is 17.1. The first-order valence-electron chi connectivity index (χ1n) is 10.5. The maximum Gasteiger partial charge on any atom is 0.341 e. The molecular weight excluding hydrogens is 383 g/mol. The summed E-state index contributed by atoms with van der Waals surface area (Å²) in [6, 6.07) is 13.2. The molecule has 0 saturated carbocycles. The minimum Gasteiger partial charge on any atom is -0.479 e. The number of carbonyl (C=O) groups is 1. The summed E-state index contributed by atoms with van der Waals surface area (Å²) < 4.78 is 26.6. The Labute approximate surface area is 176 Å². The molecule has 0 radical (unpaired) electrons. The van der Waals surface area contributed by atoms with E-state index in [0.29, 0.717) is 5.56 Å². The molecule has 4 atom stereocenters. The summed E-state index contributed by atoms with van der Waals surface area (Å²) in [6.07, 6.45) is 3.45. The standard InChI is InChI=1S/C25H27FO4/c1-15(2)19-13-20-17-9-4-3-7-16(17)8-5-12-22(20)30-24(19)18-10-6-11-21(26)25(18)29-14-23(27)28/h3-4,6-7,9-11,19-20,22,24H,1,5,8,12-14H2,2H3,(H,27,28)/t19-,20+,22-,24+/m0/s1. The number of aryl methyl sites for hydroxylation is 1. The minimum absolute atomic E-state index is 0.0184. The van der Waals surface area contributed by atoms with Crippen LogP contribution >= 0.6 is 0 Å². The highest BCUT2D eigenvalue weighted by Gasteiger charge is 2.42. The van der Waals surface area contributed by atoms with Gasteiger partial charge in [-0.3, -0.25) is 0 Å². The third-order valence-electron chi connectivity index (χ3n) is 6.31. The van der Waals surface area contributed by atoms with Crippen LogP contribution in [0.5, 0.6) is 5.75 Å². The van der Waals surface area contributed by atoms with Crippen molar-refractivity contribution in [3.8, 4) is 5.75 Å². The minimum atomic E-state index is -1.15. The van der Waals surface area contributed by atoms with Crippen molar-refractivity contribution < 1.29 is 23.8 Å². The van der Waals surface area contributed by atoms with Crippen molar-refractivity contribution in [2.24, 2.45) is 5.92 Å². The van der Waals surface area contributed by atoms with Gasteiger partial charge in [-0.1, -0.05) is 48.6 Å². The Balaban J connectivity index is 1.71. The first kappa shape index (κ1) is 20.6. The largest absolute Gasteiger partial charge is 0.479 e. The molecule has 158 valence electrons. The molecule has 1 N–H and O–H groups in total. The van der Waals surface area contributed by atoms with Crippen molar-refractivity contribution in [1.29, 1.82) is 0 Å². The molecule has 1 aliphatic heterocycles. The molecule has 2 aromatic carbocycles. The van der Waals surface area contributed by atoms with Crippen LogP contribution in [0.25, 0.3) is 0 Å². The number of rotatable bonds is 5. The molecule has 2 aromatic rings. The van der Waals surface area contributed by atoms with Gasteiger partial charge in [0.05, 0.1) is 12.2 Å². The molecule has 4 rings (SSSR count). The van der Waals surface area contributed by atoms with Crippen molar-refractivity contribution in [2.75, 3.05) is 6.61 Å². The lowest BCUT2D eigenvalue weighted by molar-refractivity contribution is -0.139. The highest BCUT2D eigenvalue weighted by molar-refractivity contribution is 5.68. The van der Waals surface area contributed by atoms with Crippen molar-refractivity contribution >= 4 is 5.97 Å². The van der Waals surface area contributed by atoms with Gasteiger partial charge < -0.3 is 14.6 Å². The number of halogens is 1. The molecule has 0 unspecified atom stereocenters. The number of carboxylic acid groups (broad SMARTS) is 1. The molecular formula is C25H27FO4. The Hall–Kier alpha value is -2.66. The van der Waals surface area contributed by atoms with Crippen LogP contribution in [0.1, 0.15) is 54.9 Å². The Morgan fingerprint density at radius 1 is 1.23 bits per heavy atom. The smallest absolute Gasteiger partial charge is 0.341 e. The summed E-state index contributed by atoms with van der Waals surface area (Å²) in [5, 5.41) is 8.99. The summed E-state index contributed by atoms with van der Waals surface area (Å²) in [7, 11) is 0. The average molecular weight is 410 g/mol. The monoisotopic (exact) mass is 410 g/mol. The maximum absolute atomic E-state index is 14.6. The van der Waals surface area contributed by atoms with E-state index in [1.807, 2.05) is 6.92 Å². The van der Waals surface area contributed by atoms with Gasteiger partial charge in [-0.05, 0) is 49.8 Å². The van der Waals surface area contributed by atoms with Gasteiger partial charge in [0.1, 0.15) is 0 Å². The first-order valence-corrected chi connectivity index (χ1v) is 10.5. The third kappa shape index (κ3) is 3.99. The summed E-state index contributed by atoms with van der Waals surface area (Å²) >= 11 is 0. The predicted molar refractivity (Wildman–Crippen MR) is 112 cm³/mol. The lowest BCUT2D eigenvalue weighted by Crippen LogP contribution is -2.36. The van der Waals surface area contributed by atoms with Crippen LogP contribution in [0, 0.1) is 11.7 Å². The number of carboxylic acids is 1. The van der Waals surface area contributed by atoms with Gasteiger partial charge in [-0.2, -0.15) is 0 Å². The Morgan fingerprint density at radius 2 is 2.00 bits per heavy atom. The normalized spacial score (nSPS) is 25.5. The van der Waals surface area contributed by atoms with E-state index in [4.69, 9.17) is 14.6 Å². The Morgan fingerprint density at radius 3 is 2.77 bits per heavy atom. The Bertz CT molecular complexity index is 954. The molecule has 30 heavy (non-hydrogen) atoms. The van der Waals surface area contributed by atoms with Crippen LogP contribution in [0.2, 0.25) is 0 Å². The van der Waals surface area contributed by atoms with Gasteiger partial charge in [0.25, 0.3) is 0 Å². The van der Waals surface area contributed by atoms with E-state index in [9.17, 15) is 9.18 Å². The second-order valence-electron chi connectivity index (χ2n) is 8.32. The number of benzene rings is 2. The molecule has 0 bridgehead atoms. The second kappa shape index (κ2) is 8.60. The van der Waals surface area contributed by atoms with E-state index in [-0.39, 0.29) is 23.7 Å². The van der Waals surface area contributed by atoms with Crippen LogP contribution < -0.4 is 4.74 Å². The molecule has 2 aliphatic rings. The first-order chi connectivity index (χ1) is 14.5. The molecule has 4 nitrogen and oxygen atoms in total. The molecule has 0 spiro atoms. The van der Waals surface area contributed by atoms with Gasteiger partial charge >= 0.3 is 5.97 Å². The summed E-state index contributed by atoms with van der Waals surface area (Å²) in [5.74, 6) is -1.52. The lowest BCUT2D eigenvalue weighted by atomic mass is 9.75. The number of para-hydroxylation sites is 1. The van der Waals surface area contributed by atoms with Crippen molar-refractivity contribution in [2.45, 2.75) is 50.7 Å². The van der Waals surface area contributed by atoms with Gasteiger partial charge in [-0.25, -0.2) is 9.18 Å². The number of fused-ring (bicyclic) bond motifs is 3. The molecule has 1 fully saturated rings. The molecule has 5 heteroatoms. The SMILES string of the molecule is C=C(C)[C@@H]1C[C@@H]2c3ccccc3CCC[C@@H]2O[C@@H]1c1cccc(F)c1OCC(=O)O. The number of hydrogen-bond acceptors (Lipinski definition) is 3. The van der Waals surface area contributed by atoms with Crippen molar-refractivity contribution in [3.05, 3.63) is 77.1 Å². The third-order valence-corrected chi connectivity index (χ3v) is 6.31. The van der Waals surface area contributed by atoms with Crippen LogP contribution in [0.4, 0.5) is 4.39 Å². The van der Waals surface area contributed by atoms with Crippen LogP contribution in [0.15, 0.2) is 54.6 Å². The predicted octanol–water partition coefficient (Wildman–Crippen LogP) is 5.43. The van der Waals surface area contributed by atoms with E-state index in [1.165, 1.54) is 17.2 Å². The zero-order valence-corrected chi connectivity index (χ0v) is 17.1. The molecule has 1 heterocycles. The zero-order chi connectivity index (χ0) is 21.3. The highest BCUT2D eigenvalue weighted by Crippen LogP contribution is 2.50. The fourth-order valence-corrected chi connectivity index (χ4v) is 4.93. The summed E-state index contributed by atoms with van der Waals surface area (Å²) in [4.78, 5) is 11.0. The van der Waals surface area contributed by atoms with Crippen molar-refractivity contribution in [1.82, 2.24) is 0 Å². The fraction of sp³-hybridized carbons (Fsp3) is 0.400. The second-order valence-corrected chi connectivity index (χ2v) is 8.32. The van der Waals surface area contributed by atoms with Gasteiger partial charge in [0.15, 0.2) is 18.2 Å². The summed E-state index contributed by atoms with van der Waals surface area (Å²) in [5.41, 5.74) is 4.24. The molecule has 1 aliphatic carbocycles. The van der Waals surface area contributed by atoms with Crippen LogP contribution in [-0.4, -0.2) is 23.8 Å². The van der Waals surface area contributed by atoms with E-state index in [2.05, 4.69) is 30.8 Å². The van der Waals surface area contributed by atoms with E-state index in [0.717, 1.165) is 31.3 Å². The Kier molecular flexibility index (Phi) is 5.91. The number of ether oxygens (including phenoxy) is 2. The van der Waals surface area contributed by atoms with Crippen LogP contribution in [-0.2, 0) is 16.0 Å². The van der Waals surface area contributed by atoms with Gasteiger partial charge in [-0.15, -0.1) is 0 Å². The average Bonchev–Trinajstić information content (AvgIpc) is 2.90. The lowest BCUT2D eigenvalue weighted by Gasteiger charge is -2.42. The quantitative estimate of drug-likeness (QED) is 0.668. The van der Waals surface area contributed by atoms with E-state index >= 15 is 0 Å². The topological polar surface area (TPSA) is 55.8 Å². The fourth-order valence-electron chi connectivity index (χ4n) is 4.93. The highest BCUT2D eigenvalue weighted by atomic mass is 19.1. The molecule has 0 amide bonds. The van der Waals surface area contributed by atoms with E-state index < -0.39 is 24.5 Å². The van der Waals surface area contributed by atoms with Gasteiger partial charge in [0, 0.05) is 17.4 Å². The molecule has 1 saturated heterocycles. The van der Waals surface area contributed by atoms with E-state index in [1.54, 1.807) is 12.1 Å². The summed E-state index contributed by atoms with van der Waals surface area (Å²) in [6.45, 7) is 5.56. The molecule has 0 aromatic heterocycles. The van der Waals surface area contributed by atoms with Crippen molar-refractivity contribution in [3.63, 3.8) is 0 Å².